The Morgan fingerprint density at radius 3 is 2.45 bits per heavy atom. The summed E-state index contributed by atoms with van der Waals surface area (Å²) in [5.74, 6) is 0.850. The van der Waals surface area contributed by atoms with Gasteiger partial charge >= 0.3 is 26.2 Å². The Kier molecular flexibility index (Phi) is 10.7. The van der Waals surface area contributed by atoms with E-state index in [2.05, 4.69) is 99.4 Å². The molecule has 3 atom stereocenters. The summed E-state index contributed by atoms with van der Waals surface area (Å²) in [6.45, 7) is 10.2. The maximum atomic E-state index is 6.19. The van der Waals surface area contributed by atoms with Crippen molar-refractivity contribution in [1.82, 2.24) is 0 Å². The van der Waals surface area contributed by atoms with Crippen molar-refractivity contribution in [1.29, 1.82) is 0 Å². The number of hydrogen-bond acceptors (Lipinski definition) is 1. The van der Waals surface area contributed by atoms with Crippen LogP contribution in [0.5, 0.6) is 0 Å². The molecule has 0 heterocycles. The number of rotatable bonds is 7. The Labute approximate surface area is 220 Å². The van der Waals surface area contributed by atoms with Crippen molar-refractivity contribution in [3.63, 3.8) is 0 Å². The SMILES string of the molecule is CC(CCCO[Si](C)(C)C)(C1=CC=C2C=CC=CC21)C1C=Cc2ccccc21.[Cl-].[Cl-].[Zr+2]. The maximum Gasteiger partial charge on any atom is 2.00 e. The van der Waals surface area contributed by atoms with Crippen LogP contribution in [0.2, 0.25) is 19.6 Å². The molecule has 0 bridgehead atoms. The smallest absolute Gasteiger partial charge is 1.00 e. The van der Waals surface area contributed by atoms with Crippen molar-refractivity contribution in [3.05, 3.63) is 89.1 Å². The minimum atomic E-state index is -1.46. The Bertz CT molecular complexity index is 910. The van der Waals surface area contributed by atoms with Gasteiger partial charge in [0, 0.05) is 23.9 Å². The van der Waals surface area contributed by atoms with Crippen molar-refractivity contribution in [2.45, 2.75) is 45.3 Å². The van der Waals surface area contributed by atoms with Gasteiger partial charge in [0.1, 0.15) is 0 Å². The maximum absolute atomic E-state index is 6.19. The molecule has 0 aliphatic heterocycles. The topological polar surface area (TPSA) is 9.23 Å². The third-order valence-corrected chi connectivity index (χ3v) is 7.44. The fourth-order valence-electron chi connectivity index (χ4n) is 4.94. The van der Waals surface area contributed by atoms with Crippen molar-refractivity contribution >= 4 is 14.4 Å². The minimum Gasteiger partial charge on any atom is -1.00 e. The molecule has 0 saturated carbocycles. The Balaban J connectivity index is 0.00000160. The number of fused-ring (bicyclic) bond motifs is 2. The van der Waals surface area contributed by atoms with E-state index in [1.165, 1.54) is 16.7 Å². The predicted molar refractivity (Wildman–Crippen MR) is 123 cm³/mol. The van der Waals surface area contributed by atoms with Gasteiger partial charge in [-0.05, 0) is 49.2 Å². The van der Waals surface area contributed by atoms with Gasteiger partial charge in [-0.2, -0.15) is 0 Å². The van der Waals surface area contributed by atoms with Crippen molar-refractivity contribution in [2.24, 2.45) is 11.3 Å². The van der Waals surface area contributed by atoms with Crippen LogP contribution in [-0.4, -0.2) is 14.9 Å². The molecule has 0 saturated heterocycles. The third-order valence-electron chi connectivity index (χ3n) is 6.37. The second-order valence-electron chi connectivity index (χ2n) is 9.46. The summed E-state index contributed by atoms with van der Waals surface area (Å²) in [5, 5.41) is 0. The normalized spacial score (nSPS) is 22.2. The molecule has 0 N–H and O–H groups in total. The number of benzene rings is 1. The first-order valence-electron chi connectivity index (χ1n) is 10.6. The van der Waals surface area contributed by atoms with E-state index in [0.717, 1.165) is 19.4 Å². The fraction of sp³-hybridized carbons (Fsp3) is 0.385. The quantitative estimate of drug-likeness (QED) is 0.365. The van der Waals surface area contributed by atoms with Gasteiger partial charge in [0.2, 0.25) is 0 Å². The molecule has 0 spiro atoms. The van der Waals surface area contributed by atoms with Crippen molar-refractivity contribution in [3.8, 4) is 0 Å². The molecule has 0 radical (unpaired) electrons. The zero-order valence-corrected chi connectivity index (χ0v) is 23.8. The summed E-state index contributed by atoms with van der Waals surface area (Å²) in [6.07, 6.45) is 20.7. The average Bonchev–Trinajstić information content (AvgIpc) is 3.29. The summed E-state index contributed by atoms with van der Waals surface area (Å²) in [7, 11) is -1.46. The number of hydrogen-bond donors (Lipinski definition) is 0. The van der Waals surface area contributed by atoms with Gasteiger partial charge in [0.15, 0.2) is 8.32 Å². The van der Waals surface area contributed by atoms with Gasteiger partial charge in [-0.3, -0.25) is 0 Å². The van der Waals surface area contributed by atoms with Crippen LogP contribution in [0.15, 0.2) is 77.9 Å². The molecule has 1 aromatic carbocycles. The number of allylic oxidation sites excluding steroid dienone is 9. The minimum absolute atomic E-state index is 0. The van der Waals surface area contributed by atoms with E-state index in [0.29, 0.717) is 11.8 Å². The van der Waals surface area contributed by atoms with E-state index in [-0.39, 0.29) is 56.4 Å². The van der Waals surface area contributed by atoms with E-state index >= 15 is 0 Å². The molecule has 3 aliphatic rings. The second-order valence-corrected chi connectivity index (χ2v) is 14.0. The van der Waals surface area contributed by atoms with Crippen LogP contribution in [-0.2, 0) is 30.6 Å². The van der Waals surface area contributed by atoms with Gasteiger partial charge in [-0.1, -0.05) is 85.4 Å². The molecule has 4 rings (SSSR count). The second kappa shape index (κ2) is 11.6. The Morgan fingerprint density at radius 1 is 0.968 bits per heavy atom. The van der Waals surface area contributed by atoms with Crippen LogP contribution in [0, 0.1) is 11.3 Å². The molecule has 31 heavy (non-hydrogen) atoms. The van der Waals surface area contributed by atoms with Crippen LogP contribution in [0.25, 0.3) is 6.08 Å². The zero-order chi connectivity index (χ0) is 19.8. The molecule has 3 aliphatic carbocycles. The third kappa shape index (κ3) is 6.12. The predicted octanol–water partition coefficient (Wildman–Crippen LogP) is 1.05. The summed E-state index contributed by atoms with van der Waals surface area (Å²) in [5.41, 5.74) is 5.92. The summed E-state index contributed by atoms with van der Waals surface area (Å²) in [6, 6.07) is 8.89. The van der Waals surface area contributed by atoms with E-state index in [1.54, 1.807) is 5.57 Å². The molecule has 0 fully saturated rings. The van der Waals surface area contributed by atoms with Gasteiger partial charge in [0.05, 0.1) is 0 Å². The van der Waals surface area contributed by atoms with Gasteiger partial charge in [-0.25, -0.2) is 0 Å². The fourth-order valence-corrected chi connectivity index (χ4v) is 5.69. The zero-order valence-electron chi connectivity index (χ0n) is 18.9. The van der Waals surface area contributed by atoms with Crippen LogP contribution < -0.4 is 24.8 Å². The largest absolute Gasteiger partial charge is 2.00 e. The van der Waals surface area contributed by atoms with Crippen LogP contribution in [0.3, 0.4) is 0 Å². The van der Waals surface area contributed by atoms with E-state index in [9.17, 15) is 0 Å². The standard InChI is InChI=1S/C26H32OSi.2ClH.Zr/c1-26(18-9-19-27-28(2,3)4,24-16-14-20-10-5-7-12-22(20)24)25-17-15-21-11-6-8-13-23(21)25;;;/h5-8,10-17,22,25H,9,18-19H2,1-4H3;2*1H;/q;;;+2/p-2. The van der Waals surface area contributed by atoms with Crippen LogP contribution in [0.1, 0.15) is 36.8 Å². The average molecular weight is 551 g/mol. The summed E-state index contributed by atoms with van der Waals surface area (Å²) < 4.78 is 6.19. The first kappa shape index (κ1) is 28.6. The summed E-state index contributed by atoms with van der Waals surface area (Å²) >= 11 is 0. The molecular formula is C26H32Cl2OSiZr. The van der Waals surface area contributed by atoms with Gasteiger partial charge in [0.25, 0.3) is 0 Å². The van der Waals surface area contributed by atoms with Gasteiger partial charge < -0.3 is 29.2 Å². The van der Waals surface area contributed by atoms with Crippen LogP contribution >= 0.6 is 0 Å². The molecule has 164 valence electrons. The number of halogens is 2. The van der Waals surface area contributed by atoms with Crippen LogP contribution in [0.4, 0.5) is 0 Å². The van der Waals surface area contributed by atoms with E-state index in [1.807, 2.05) is 0 Å². The first-order chi connectivity index (χ1) is 13.4. The van der Waals surface area contributed by atoms with Crippen molar-refractivity contribution < 1.29 is 55.4 Å². The molecule has 1 nitrogen and oxygen atoms in total. The Hall–Kier alpha value is -0.440. The molecule has 0 amide bonds. The Morgan fingerprint density at radius 2 is 1.71 bits per heavy atom. The monoisotopic (exact) mass is 548 g/mol. The first-order valence-corrected chi connectivity index (χ1v) is 14.0. The van der Waals surface area contributed by atoms with Crippen molar-refractivity contribution in [2.75, 3.05) is 6.61 Å². The summed E-state index contributed by atoms with van der Waals surface area (Å²) in [4.78, 5) is 0. The van der Waals surface area contributed by atoms with E-state index in [4.69, 9.17) is 4.43 Å². The molecule has 1 aromatic rings. The molecule has 5 heteroatoms. The molecular weight excluding hydrogens is 519 g/mol. The molecule has 0 aromatic heterocycles. The van der Waals surface area contributed by atoms with Gasteiger partial charge in [-0.15, -0.1) is 0 Å². The molecule has 3 unspecified atom stereocenters. The van der Waals surface area contributed by atoms with E-state index < -0.39 is 8.32 Å².